The van der Waals surface area contributed by atoms with Crippen molar-refractivity contribution in [1.29, 1.82) is 0 Å². The van der Waals surface area contributed by atoms with Crippen molar-refractivity contribution < 1.29 is 14.3 Å². The van der Waals surface area contributed by atoms with E-state index in [0.29, 0.717) is 5.69 Å². The lowest BCUT2D eigenvalue weighted by atomic mass is 10.3. The van der Waals surface area contributed by atoms with E-state index in [1.165, 1.54) is 12.1 Å². The molecule has 0 aromatic heterocycles. The summed E-state index contributed by atoms with van der Waals surface area (Å²) in [5, 5.41) is 11.3. The molecule has 0 bridgehead atoms. The molecule has 0 aliphatic carbocycles. The molecule has 4 N–H and O–H groups in total. The van der Waals surface area contributed by atoms with E-state index >= 15 is 0 Å². The molecular formula is C9H10ClFN2O2. The number of hydrogen-bond donors (Lipinski definition) is 3. The Kier molecular flexibility index (Phi) is 4.02. The van der Waals surface area contributed by atoms with Crippen molar-refractivity contribution in [1.82, 2.24) is 0 Å². The Hall–Kier alpha value is -1.17. The normalized spacial score (nSPS) is 12.3. The van der Waals surface area contributed by atoms with Gasteiger partial charge in [-0.1, -0.05) is 11.6 Å². The maximum atomic E-state index is 12.7. The van der Waals surface area contributed by atoms with Crippen LogP contribution < -0.4 is 11.1 Å². The first-order valence-corrected chi connectivity index (χ1v) is 4.56. The summed E-state index contributed by atoms with van der Waals surface area (Å²) in [6.07, 6.45) is -1.28. The van der Waals surface area contributed by atoms with E-state index < -0.39 is 17.8 Å². The SMILES string of the molecule is NCC(O)C(=O)Nc1ccc(F)c(Cl)c1. The number of amides is 1. The van der Waals surface area contributed by atoms with Gasteiger partial charge in [-0.05, 0) is 18.2 Å². The van der Waals surface area contributed by atoms with Gasteiger partial charge in [-0.2, -0.15) is 0 Å². The van der Waals surface area contributed by atoms with Gasteiger partial charge in [0.15, 0.2) is 0 Å². The molecule has 1 aromatic carbocycles. The quantitative estimate of drug-likeness (QED) is 0.720. The average Bonchev–Trinajstić information content (AvgIpc) is 2.22. The fourth-order valence-corrected chi connectivity index (χ4v) is 1.09. The highest BCUT2D eigenvalue weighted by Gasteiger charge is 2.13. The maximum Gasteiger partial charge on any atom is 0.254 e. The van der Waals surface area contributed by atoms with Gasteiger partial charge in [-0.25, -0.2) is 4.39 Å². The predicted octanol–water partition coefficient (Wildman–Crippen LogP) is 0.737. The molecule has 4 nitrogen and oxygen atoms in total. The van der Waals surface area contributed by atoms with Gasteiger partial charge >= 0.3 is 0 Å². The molecule has 0 radical (unpaired) electrons. The molecule has 0 aliphatic rings. The highest BCUT2D eigenvalue weighted by Crippen LogP contribution is 2.19. The number of halogens is 2. The zero-order valence-corrected chi connectivity index (χ0v) is 8.46. The first-order valence-electron chi connectivity index (χ1n) is 4.18. The van der Waals surface area contributed by atoms with E-state index in [2.05, 4.69) is 5.32 Å². The van der Waals surface area contributed by atoms with Gasteiger partial charge in [-0.15, -0.1) is 0 Å². The number of nitrogens with one attached hydrogen (secondary N) is 1. The van der Waals surface area contributed by atoms with Crippen molar-refractivity contribution in [2.24, 2.45) is 5.73 Å². The number of nitrogens with two attached hydrogens (primary N) is 1. The first kappa shape index (κ1) is 11.9. The number of aliphatic hydroxyl groups excluding tert-OH is 1. The third kappa shape index (κ3) is 3.16. The van der Waals surface area contributed by atoms with Crippen molar-refractivity contribution in [3.63, 3.8) is 0 Å². The summed E-state index contributed by atoms with van der Waals surface area (Å²) in [6.45, 7) is -0.180. The maximum absolute atomic E-state index is 12.7. The smallest absolute Gasteiger partial charge is 0.254 e. The summed E-state index contributed by atoms with van der Waals surface area (Å²) >= 11 is 5.50. The van der Waals surface area contributed by atoms with Crippen LogP contribution in [0.3, 0.4) is 0 Å². The molecule has 1 rings (SSSR count). The number of anilines is 1. The lowest BCUT2D eigenvalue weighted by Crippen LogP contribution is -2.34. The minimum absolute atomic E-state index is 0.102. The van der Waals surface area contributed by atoms with Crippen molar-refractivity contribution in [2.75, 3.05) is 11.9 Å². The third-order valence-electron chi connectivity index (χ3n) is 1.71. The van der Waals surface area contributed by atoms with E-state index in [-0.39, 0.29) is 11.6 Å². The number of carbonyl (C=O) groups is 1. The molecule has 1 amide bonds. The molecule has 1 atom stereocenters. The van der Waals surface area contributed by atoms with E-state index in [4.69, 9.17) is 22.4 Å². The fourth-order valence-electron chi connectivity index (χ4n) is 0.906. The van der Waals surface area contributed by atoms with Crippen molar-refractivity contribution in [3.8, 4) is 0 Å². The van der Waals surface area contributed by atoms with Crippen molar-refractivity contribution >= 4 is 23.2 Å². The van der Waals surface area contributed by atoms with E-state index in [1.807, 2.05) is 0 Å². The highest BCUT2D eigenvalue weighted by molar-refractivity contribution is 6.31. The Morgan fingerprint density at radius 1 is 1.67 bits per heavy atom. The first-order chi connectivity index (χ1) is 7.04. The zero-order valence-electron chi connectivity index (χ0n) is 7.71. The van der Waals surface area contributed by atoms with Gasteiger partial charge < -0.3 is 16.2 Å². The molecular weight excluding hydrogens is 223 g/mol. The molecule has 6 heteroatoms. The molecule has 1 unspecified atom stereocenters. The summed E-state index contributed by atoms with van der Waals surface area (Å²) in [5.74, 6) is -1.23. The van der Waals surface area contributed by atoms with Crippen LogP contribution in [0, 0.1) is 5.82 Å². The summed E-state index contributed by atoms with van der Waals surface area (Å²) in [4.78, 5) is 11.2. The molecule has 0 aliphatic heterocycles. The van der Waals surface area contributed by atoms with Crippen LogP contribution in [0.15, 0.2) is 18.2 Å². The van der Waals surface area contributed by atoms with Gasteiger partial charge in [-0.3, -0.25) is 4.79 Å². The van der Waals surface area contributed by atoms with Gasteiger partial charge in [0.25, 0.3) is 5.91 Å². The highest BCUT2D eigenvalue weighted by atomic mass is 35.5. The van der Waals surface area contributed by atoms with Crippen LogP contribution in [0.5, 0.6) is 0 Å². The Bertz CT molecular complexity index is 373. The minimum Gasteiger partial charge on any atom is -0.382 e. The predicted molar refractivity (Wildman–Crippen MR) is 55.1 cm³/mol. The lowest BCUT2D eigenvalue weighted by Gasteiger charge is -2.09. The summed E-state index contributed by atoms with van der Waals surface area (Å²) in [7, 11) is 0. The largest absolute Gasteiger partial charge is 0.382 e. The zero-order chi connectivity index (χ0) is 11.4. The Balaban J connectivity index is 2.73. The van der Waals surface area contributed by atoms with E-state index in [0.717, 1.165) is 6.07 Å². The van der Waals surface area contributed by atoms with E-state index in [9.17, 15) is 9.18 Å². The van der Waals surface area contributed by atoms with Crippen LogP contribution in [-0.4, -0.2) is 23.7 Å². The van der Waals surface area contributed by atoms with Gasteiger partial charge in [0.2, 0.25) is 0 Å². The number of carbonyl (C=O) groups excluding carboxylic acids is 1. The van der Waals surface area contributed by atoms with Crippen LogP contribution in [0.4, 0.5) is 10.1 Å². The van der Waals surface area contributed by atoms with Gasteiger partial charge in [0.05, 0.1) is 5.02 Å². The Morgan fingerprint density at radius 2 is 2.33 bits per heavy atom. The Labute approximate surface area is 90.8 Å². The number of benzene rings is 1. The number of rotatable bonds is 3. The Morgan fingerprint density at radius 3 is 2.87 bits per heavy atom. The number of aliphatic hydroxyl groups is 1. The molecule has 15 heavy (non-hydrogen) atoms. The van der Waals surface area contributed by atoms with Crippen LogP contribution in [0.1, 0.15) is 0 Å². The van der Waals surface area contributed by atoms with Crippen LogP contribution >= 0.6 is 11.6 Å². The second kappa shape index (κ2) is 5.06. The lowest BCUT2D eigenvalue weighted by molar-refractivity contribution is -0.123. The molecule has 0 spiro atoms. The molecule has 0 saturated carbocycles. The standard InChI is InChI=1S/C9H10ClFN2O2/c10-6-3-5(1-2-7(6)11)13-9(15)8(14)4-12/h1-3,8,14H,4,12H2,(H,13,15). The van der Waals surface area contributed by atoms with Gasteiger partial charge in [0, 0.05) is 12.2 Å². The fraction of sp³-hybridized carbons (Fsp3) is 0.222. The molecule has 0 fully saturated rings. The average molecular weight is 233 g/mol. The summed E-state index contributed by atoms with van der Waals surface area (Å²) in [6, 6.07) is 3.70. The van der Waals surface area contributed by atoms with Crippen LogP contribution in [-0.2, 0) is 4.79 Å². The van der Waals surface area contributed by atoms with Crippen LogP contribution in [0.25, 0.3) is 0 Å². The molecule has 0 saturated heterocycles. The monoisotopic (exact) mass is 232 g/mol. The van der Waals surface area contributed by atoms with E-state index in [1.54, 1.807) is 0 Å². The second-order valence-corrected chi connectivity index (χ2v) is 3.28. The van der Waals surface area contributed by atoms with Crippen molar-refractivity contribution in [2.45, 2.75) is 6.10 Å². The topological polar surface area (TPSA) is 75.3 Å². The molecule has 1 aromatic rings. The van der Waals surface area contributed by atoms with Gasteiger partial charge in [0.1, 0.15) is 11.9 Å². The molecule has 82 valence electrons. The van der Waals surface area contributed by atoms with Crippen molar-refractivity contribution in [3.05, 3.63) is 29.0 Å². The summed E-state index contributed by atoms with van der Waals surface area (Å²) < 4.78 is 12.7. The van der Waals surface area contributed by atoms with Crippen LogP contribution in [0.2, 0.25) is 5.02 Å². The number of hydrogen-bond acceptors (Lipinski definition) is 3. The minimum atomic E-state index is -1.28. The second-order valence-electron chi connectivity index (χ2n) is 2.87. The third-order valence-corrected chi connectivity index (χ3v) is 2.00. The summed E-state index contributed by atoms with van der Waals surface area (Å²) in [5.41, 5.74) is 5.39. The molecule has 0 heterocycles.